The molecule has 31 heavy (non-hydrogen) atoms. The fraction of sp³-hybridized carbons (Fsp3) is 0.435. The molecule has 0 radical (unpaired) electrons. The molecular weight excluding hydrogens is 416 g/mol. The summed E-state index contributed by atoms with van der Waals surface area (Å²) in [5, 5.41) is 2.89. The molecule has 0 fully saturated rings. The molecule has 0 spiro atoms. The van der Waals surface area contributed by atoms with E-state index in [9.17, 15) is 13.2 Å². The Kier molecular flexibility index (Phi) is 8.74. The molecule has 1 unspecified atom stereocenters. The van der Waals surface area contributed by atoms with E-state index >= 15 is 0 Å². The van der Waals surface area contributed by atoms with Crippen molar-refractivity contribution in [3.8, 4) is 11.5 Å². The van der Waals surface area contributed by atoms with Crippen LogP contribution in [0.2, 0.25) is 0 Å². The summed E-state index contributed by atoms with van der Waals surface area (Å²) in [6.45, 7) is 6.24. The van der Waals surface area contributed by atoms with Gasteiger partial charge in [-0.25, -0.2) is 8.42 Å². The van der Waals surface area contributed by atoms with Gasteiger partial charge in [0.05, 0.1) is 25.1 Å². The van der Waals surface area contributed by atoms with Crippen LogP contribution >= 0.6 is 0 Å². The lowest BCUT2D eigenvalue weighted by Gasteiger charge is -2.24. The monoisotopic (exact) mass is 448 g/mol. The maximum absolute atomic E-state index is 12.3. The first-order valence-corrected chi connectivity index (χ1v) is 12.1. The zero-order chi connectivity index (χ0) is 23.0. The average molecular weight is 449 g/mol. The van der Waals surface area contributed by atoms with Crippen LogP contribution in [-0.2, 0) is 14.8 Å². The number of aryl methyl sites for hydroxylation is 2. The van der Waals surface area contributed by atoms with Gasteiger partial charge in [0.15, 0.2) is 0 Å². The third-order valence-electron chi connectivity index (χ3n) is 4.77. The third-order valence-corrected chi connectivity index (χ3v) is 5.95. The predicted octanol–water partition coefficient (Wildman–Crippen LogP) is 3.44. The van der Waals surface area contributed by atoms with Gasteiger partial charge in [0.25, 0.3) is 0 Å². The number of anilines is 1. The number of carbonyl (C=O) groups excluding carboxylic acids is 1. The lowest BCUT2D eigenvalue weighted by molar-refractivity contribution is -0.121. The van der Waals surface area contributed by atoms with Crippen molar-refractivity contribution in [1.82, 2.24) is 5.32 Å². The number of ether oxygens (including phenoxy) is 2. The molecule has 1 atom stereocenters. The molecule has 0 aromatic heterocycles. The lowest BCUT2D eigenvalue weighted by Crippen LogP contribution is -2.37. The first kappa shape index (κ1) is 24.5. The summed E-state index contributed by atoms with van der Waals surface area (Å²) < 4.78 is 36.8. The first-order valence-electron chi connectivity index (χ1n) is 10.2. The van der Waals surface area contributed by atoms with Gasteiger partial charge in [0.2, 0.25) is 15.9 Å². The van der Waals surface area contributed by atoms with E-state index in [1.54, 1.807) is 19.2 Å². The zero-order valence-corrected chi connectivity index (χ0v) is 19.7. The van der Waals surface area contributed by atoms with Crippen molar-refractivity contribution in [2.24, 2.45) is 0 Å². The van der Waals surface area contributed by atoms with Gasteiger partial charge >= 0.3 is 0 Å². The van der Waals surface area contributed by atoms with Gasteiger partial charge in [-0.15, -0.1) is 0 Å². The Morgan fingerprint density at radius 2 is 1.74 bits per heavy atom. The SMILES string of the molecule is COc1ccc(OCC(C)NC(=O)CCCN(c2cc(C)ccc2C)S(C)(=O)=O)cc1. The number of amides is 1. The highest BCUT2D eigenvalue weighted by Crippen LogP contribution is 2.24. The van der Waals surface area contributed by atoms with Gasteiger partial charge in [-0.2, -0.15) is 0 Å². The van der Waals surface area contributed by atoms with Gasteiger partial charge in [0, 0.05) is 13.0 Å². The van der Waals surface area contributed by atoms with E-state index in [0.717, 1.165) is 16.9 Å². The first-order chi connectivity index (χ1) is 14.6. The number of benzene rings is 2. The van der Waals surface area contributed by atoms with Crippen molar-refractivity contribution >= 4 is 21.6 Å². The van der Waals surface area contributed by atoms with Crippen LogP contribution in [0.1, 0.15) is 30.9 Å². The van der Waals surface area contributed by atoms with Gasteiger partial charge in [-0.1, -0.05) is 12.1 Å². The van der Waals surface area contributed by atoms with E-state index in [2.05, 4.69) is 5.32 Å². The predicted molar refractivity (Wildman–Crippen MR) is 123 cm³/mol. The maximum Gasteiger partial charge on any atom is 0.232 e. The number of hydrogen-bond acceptors (Lipinski definition) is 5. The zero-order valence-electron chi connectivity index (χ0n) is 18.8. The molecule has 2 aromatic rings. The number of rotatable bonds is 11. The smallest absolute Gasteiger partial charge is 0.232 e. The Labute approximate surface area is 185 Å². The number of nitrogens with one attached hydrogen (secondary N) is 1. The van der Waals surface area contributed by atoms with Gasteiger partial charge in [0.1, 0.15) is 18.1 Å². The quantitative estimate of drug-likeness (QED) is 0.569. The van der Waals surface area contributed by atoms with Gasteiger partial charge in [-0.05, 0) is 68.7 Å². The number of sulfonamides is 1. The fourth-order valence-corrected chi connectivity index (χ4v) is 4.13. The highest BCUT2D eigenvalue weighted by molar-refractivity contribution is 7.92. The van der Waals surface area contributed by atoms with Crippen LogP contribution in [0.25, 0.3) is 0 Å². The van der Waals surface area contributed by atoms with Crippen molar-refractivity contribution < 1.29 is 22.7 Å². The molecule has 1 amide bonds. The Morgan fingerprint density at radius 3 is 2.35 bits per heavy atom. The molecule has 8 heteroatoms. The topological polar surface area (TPSA) is 84.9 Å². The molecule has 1 N–H and O–H groups in total. The van der Waals surface area contributed by atoms with E-state index in [-0.39, 0.29) is 24.9 Å². The van der Waals surface area contributed by atoms with Crippen LogP contribution in [0.15, 0.2) is 42.5 Å². The Hall–Kier alpha value is -2.74. The number of hydrogen-bond donors (Lipinski definition) is 1. The largest absolute Gasteiger partial charge is 0.497 e. The summed E-state index contributed by atoms with van der Waals surface area (Å²) in [5.74, 6) is 1.30. The second-order valence-electron chi connectivity index (χ2n) is 7.68. The summed E-state index contributed by atoms with van der Waals surface area (Å²) in [4.78, 5) is 12.3. The fourth-order valence-electron chi connectivity index (χ4n) is 3.12. The normalized spacial score (nSPS) is 12.2. The molecule has 0 bridgehead atoms. The summed E-state index contributed by atoms with van der Waals surface area (Å²) >= 11 is 0. The summed E-state index contributed by atoms with van der Waals surface area (Å²) in [6.07, 6.45) is 1.83. The standard InChI is InChI=1S/C23H32N2O5S/c1-17-8-9-18(2)22(15-17)25(31(5,27)28)14-6-7-23(26)24-19(3)16-30-21-12-10-20(29-4)11-13-21/h8-13,15,19H,6-7,14,16H2,1-5H3,(H,24,26). The second kappa shape index (κ2) is 11.0. The highest BCUT2D eigenvalue weighted by atomic mass is 32.2. The van der Waals surface area contributed by atoms with Crippen molar-refractivity contribution in [2.45, 2.75) is 39.7 Å². The second-order valence-corrected chi connectivity index (χ2v) is 9.59. The molecular formula is C23H32N2O5S. The third kappa shape index (κ3) is 7.79. The van der Waals surface area contributed by atoms with Gasteiger partial charge < -0.3 is 14.8 Å². The van der Waals surface area contributed by atoms with Crippen LogP contribution in [-0.4, -0.2) is 46.9 Å². The average Bonchev–Trinajstić information content (AvgIpc) is 2.71. The molecule has 170 valence electrons. The van der Waals surface area contributed by atoms with Crippen molar-refractivity contribution in [2.75, 3.05) is 30.8 Å². The number of nitrogens with zero attached hydrogens (tertiary/aromatic N) is 1. The summed E-state index contributed by atoms with van der Waals surface area (Å²) in [5.41, 5.74) is 2.52. The molecule has 0 aliphatic heterocycles. The van der Waals surface area contributed by atoms with E-state index in [0.29, 0.717) is 24.5 Å². The Morgan fingerprint density at radius 1 is 1.10 bits per heavy atom. The van der Waals surface area contributed by atoms with E-state index in [1.165, 1.54) is 10.6 Å². The lowest BCUT2D eigenvalue weighted by atomic mass is 10.1. The van der Waals surface area contributed by atoms with E-state index in [4.69, 9.17) is 9.47 Å². The number of carbonyl (C=O) groups is 1. The van der Waals surface area contributed by atoms with Crippen LogP contribution in [0.3, 0.4) is 0 Å². The summed E-state index contributed by atoms with van der Waals surface area (Å²) in [6, 6.07) is 12.8. The molecule has 0 saturated heterocycles. The molecule has 2 rings (SSSR count). The molecule has 0 aliphatic rings. The van der Waals surface area contributed by atoms with Crippen LogP contribution < -0.4 is 19.1 Å². The van der Waals surface area contributed by atoms with Crippen LogP contribution in [0.4, 0.5) is 5.69 Å². The number of methoxy groups -OCH3 is 1. The molecule has 0 aliphatic carbocycles. The van der Waals surface area contributed by atoms with E-state index in [1.807, 2.05) is 51.1 Å². The van der Waals surface area contributed by atoms with Crippen molar-refractivity contribution in [3.63, 3.8) is 0 Å². The maximum atomic E-state index is 12.3. The minimum Gasteiger partial charge on any atom is -0.497 e. The van der Waals surface area contributed by atoms with Crippen LogP contribution in [0, 0.1) is 13.8 Å². The minimum atomic E-state index is -3.45. The van der Waals surface area contributed by atoms with E-state index < -0.39 is 10.0 Å². The Bertz CT molecular complexity index is 974. The molecule has 0 saturated carbocycles. The molecule has 0 heterocycles. The van der Waals surface area contributed by atoms with Crippen molar-refractivity contribution in [1.29, 1.82) is 0 Å². The molecule has 2 aromatic carbocycles. The highest BCUT2D eigenvalue weighted by Gasteiger charge is 2.19. The van der Waals surface area contributed by atoms with Crippen LogP contribution in [0.5, 0.6) is 11.5 Å². The summed E-state index contributed by atoms with van der Waals surface area (Å²) in [7, 11) is -1.85. The van der Waals surface area contributed by atoms with Gasteiger partial charge in [-0.3, -0.25) is 9.10 Å². The Balaban J connectivity index is 1.83. The molecule has 7 nitrogen and oxygen atoms in total. The minimum absolute atomic E-state index is 0.139. The van der Waals surface area contributed by atoms with Crippen molar-refractivity contribution in [3.05, 3.63) is 53.6 Å².